The summed E-state index contributed by atoms with van der Waals surface area (Å²) in [6.07, 6.45) is 1.89. The lowest BCUT2D eigenvalue weighted by Crippen LogP contribution is -2.24. The van der Waals surface area contributed by atoms with Gasteiger partial charge in [0.15, 0.2) is 0 Å². The van der Waals surface area contributed by atoms with Gasteiger partial charge in [0, 0.05) is 31.2 Å². The third-order valence-electron chi connectivity index (χ3n) is 2.84. The fraction of sp³-hybridized carbons (Fsp3) is 0.357. The Labute approximate surface area is 106 Å². The average Bonchev–Trinajstić information content (AvgIpc) is 2.82. The van der Waals surface area contributed by atoms with Gasteiger partial charge in [0.1, 0.15) is 5.69 Å². The molecule has 0 spiro atoms. The Balaban J connectivity index is 1.88. The van der Waals surface area contributed by atoms with Crippen LogP contribution in [-0.2, 0) is 4.74 Å². The summed E-state index contributed by atoms with van der Waals surface area (Å²) in [5.41, 5.74) is 1.60. The first-order valence-electron chi connectivity index (χ1n) is 6.16. The van der Waals surface area contributed by atoms with Crippen molar-refractivity contribution in [1.82, 2.24) is 10.3 Å². The molecule has 0 aliphatic carbocycles. The molecule has 96 valence electrons. The van der Waals surface area contributed by atoms with Crippen molar-refractivity contribution in [3.8, 4) is 0 Å². The molecule has 18 heavy (non-hydrogen) atoms. The van der Waals surface area contributed by atoms with Crippen molar-refractivity contribution < 1.29 is 9.53 Å². The first kappa shape index (κ1) is 12.6. The SMILES string of the molecule is COCCCCNC(=O)c1cc2ccccc2[nH]1. The quantitative estimate of drug-likeness (QED) is 0.768. The number of carbonyl (C=O) groups is 1. The summed E-state index contributed by atoms with van der Waals surface area (Å²) in [6.45, 7) is 1.42. The summed E-state index contributed by atoms with van der Waals surface area (Å²) in [5.74, 6) is -0.0522. The van der Waals surface area contributed by atoms with Gasteiger partial charge in [0.25, 0.3) is 5.91 Å². The van der Waals surface area contributed by atoms with Crippen LogP contribution in [0.25, 0.3) is 10.9 Å². The molecule has 1 amide bonds. The molecule has 0 atom stereocenters. The minimum atomic E-state index is -0.0522. The zero-order valence-corrected chi connectivity index (χ0v) is 10.5. The van der Waals surface area contributed by atoms with Crippen LogP contribution in [0.15, 0.2) is 30.3 Å². The highest BCUT2D eigenvalue weighted by Crippen LogP contribution is 2.14. The van der Waals surface area contributed by atoms with Crippen molar-refractivity contribution in [2.75, 3.05) is 20.3 Å². The van der Waals surface area contributed by atoms with Crippen LogP contribution in [-0.4, -0.2) is 31.2 Å². The van der Waals surface area contributed by atoms with Crippen molar-refractivity contribution in [3.63, 3.8) is 0 Å². The lowest BCUT2D eigenvalue weighted by atomic mass is 10.2. The Bertz CT molecular complexity index is 486. The second-order valence-electron chi connectivity index (χ2n) is 4.23. The second kappa shape index (κ2) is 6.21. The summed E-state index contributed by atoms with van der Waals surface area (Å²) in [4.78, 5) is 15.0. The van der Waals surface area contributed by atoms with Crippen LogP contribution in [0, 0.1) is 0 Å². The van der Waals surface area contributed by atoms with Crippen LogP contribution in [0.2, 0.25) is 0 Å². The number of fused-ring (bicyclic) bond motifs is 1. The molecule has 0 aliphatic heterocycles. The summed E-state index contributed by atoms with van der Waals surface area (Å²) in [6, 6.07) is 9.74. The molecule has 1 aromatic carbocycles. The molecule has 0 saturated carbocycles. The van der Waals surface area contributed by atoms with Gasteiger partial charge in [0.2, 0.25) is 0 Å². The second-order valence-corrected chi connectivity index (χ2v) is 4.23. The van der Waals surface area contributed by atoms with Crippen molar-refractivity contribution >= 4 is 16.8 Å². The minimum Gasteiger partial charge on any atom is -0.385 e. The summed E-state index contributed by atoms with van der Waals surface area (Å²) in [7, 11) is 1.68. The molecular formula is C14H18N2O2. The number of hydrogen-bond acceptors (Lipinski definition) is 2. The molecule has 4 heteroatoms. The van der Waals surface area contributed by atoms with Crippen molar-refractivity contribution in [3.05, 3.63) is 36.0 Å². The molecule has 0 fully saturated rings. The van der Waals surface area contributed by atoms with Gasteiger partial charge in [-0.3, -0.25) is 4.79 Å². The maximum atomic E-state index is 11.9. The van der Waals surface area contributed by atoms with Crippen LogP contribution in [0.1, 0.15) is 23.3 Å². The first-order chi connectivity index (χ1) is 8.81. The van der Waals surface area contributed by atoms with E-state index in [2.05, 4.69) is 10.3 Å². The number of hydrogen-bond donors (Lipinski definition) is 2. The molecule has 2 N–H and O–H groups in total. The number of H-pyrrole nitrogens is 1. The van der Waals surface area contributed by atoms with E-state index in [1.807, 2.05) is 30.3 Å². The van der Waals surface area contributed by atoms with Crippen LogP contribution in [0.5, 0.6) is 0 Å². The first-order valence-corrected chi connectivity index (χ1v) is 6.16. The number of unbranched alkanes of at least 4 members (excludes halogenated alkanes) is 1. The normalized spacial score (nSPS) is 10.7. The summed E-state index contributed by atoms with van der Waals surface area (Å²) >= 11 is 0. The van der Waals surface area contributed by atoms with E-state index < -0.39 is 0 Å². The number of amides is 1. The molecule has 1 heterocycles. The Kier molecular flexibility index (Phi) is 4.36. The van der Waals surface area contributed by atoms with Crippen molar-refractivity contribution in [2.24, 2.45) is 0 Å². The Morgan fingerprint density at radius 1 is 1.33 bits per heavy atom. The number of methoxy groups -OCH3 is 1. The topological polar surface area (TPSA) is 54.1 Å². The molecule has 0 saturated heterocycles. The van der Waals surface area contributed by atoms with Gasteiger partial charge in [-0.05, 0) is 25.0 Å². The number of aromatic amines is 1. The zero-order chi connectivity index (χ0) is 12.8. The predicted molar refractivity (Wildman–Crippen MR) is 71.7 cm³/mol. The average molecular weight is 246 g/mol. The van der Waals surface area contributed by atoms with Crippen molar-refractivity contribution in [1.29, 1.82) is 0 Å². The maximum absolute atomic E-state index is 11.9. The molecule has 0 radical (unpaired) electrons. The summed E-state index contributed by atoms with van der Waals surface area (Å²) < 4.78 is 4.95. The molecule has 1 aromatic heterocycles. The minimum absolute atomic E-state index is 0.0522. The fourth-order valence-corrected chi connectivity index (χ4v) is 1.86. The van der Waals surface area contributed by atoms with E-state index in [0.29, 0.717) is 12.2 Å². The highest BCUT2D eigenvalue weighted by atomic mass is 16.5. The van der Waals surface area contributed by atoms with Gasteiger partial charge < -0.3 is 15.0 Å². The monoisotopic (exact) mass is 246 g/mol. The molecule has 2 rings (SSSR count). The van der Waals surface area contributed by atoms with Gasteiger partial charge in [-0.1, -0.05) is 18.2 Å². The lowest BCUT2D eigenvalue weighted by molar-refractivity contribution is 0.0947. The fourth-order valence-electron chi connectivity index (χ4n) is 1.86. The van der Waals surface area contributed by atoms with Crippen LogP contribution < -0.4 is 5.32 Å². The van der Waals surface area contributed by atoms with Crippen molar-refractivity contribution in [2.45, 2.75) is 12.8 Å². The standard InChI is InChI=1S/C14H18N2O2/c1-18-9-5-4-8-15-14(17)13-10-11-6-2-3-7-12(11)16-13/h2-3,6-7,10,16H,4-5,8-9H2,1H3,(H,15,17). The number of rotatable bonds is 6. The Morgan fingerprint density at radius 3 is 2.94 bits per heavy atom. The van der Waals surface area contributed by atoms with Gasteiger partial charge in [-0.25, -0.2) is 0 Å². The number of ether oxygens (including phenoxy) is 1. The van der Waals surface area contributed by atoms with Crippen LogP contribution in [0.3, 0.4) is 0 Å². The van der Waals surface area contributed by atoms with E-state index in [-0.39, 0.29) is 5.91 Å². The Hall–Kier alpha value is -1.81. The molecule has 0 unspecified atom stereocenters. The molecule has 0 aliphatic rings. The van der Waals surface area contributed by atoms with Gasteiger partial charge in [-0.15, -0.1) is 0 Å². The predicted octanol–water partition coefficient (Wildman–Crippen LogP) is 2.32. The van der Waals surface area contributed by atoms with E-state index >= 15 is 0 Å². The zero-order valence-electron chi connectivity index (χ0n) is 10.5. The number of nitrogens with one attached hydrogen (secondary N) is 2. The molecule has 0 bridgehead atoms. The van der Waals surface area contributed by atoms with Gasteiger partial charge >= 0.3 is 0 Å². The van der Waals surface area contributed by atoms with Crippen LogP contribution in [0.4, 0.5) is 0 Å². The van der Waals surface area contributed by atoms with Gasteiger partial charge in [-0.2, -0.15) is 0 Å². The van der Waals surface area contributed by atoms with Crippen LogP contribution >= 0.6 is 0 Å². The van der Waals surface area contributed by atoms with E-state index in [0.717, 1.165) is 30.4 Å². The summed E-state index contributed by atoms with van der Waals surface area (Å²) in [5, 5.41) is 3.95. The maximum Gasteiger partial charge on any atom is 0.267 e. The molecule has 2 aromatic rings. The Morgan fingerprint density at radius 2 is 2.17 bits per heavy atom. The largest absolute Gasteiger partial charge is 0.385 e. The van der Waals surface area contributed by atoms with Gasteiger partial charge in [0.05, 0.1) is 0 Å². The highest BCUT2D eigenvalue weighted by Gasteiger charge is 2.07. The van der Waals surface area contributed by atoms with E-state index in [9.17, 15) is 4.79 Å². The van der Waals surface area contributed by atoms with E-state index in [1.165, 1.54) is 0 Å². The smallest absolute Gasteiger partial charge is 0.267 e. The van der Waals surface area contributed by atoms with E-state index in [4.69, 9.17) is 4.74 Å². The molecular weight excluding hydrogens is 228 g/mol. The lowest BCUT2D eigenvalue weighted by Gasteiger charge is -2.03. The number of aromatic nitrogens is 1. The number of para-hydroxylation sites is 1. The third kappa shape index (κ3) is 3.11. The molecule has 4 nitrogen and oxygen atoms in total. The van der Waals surface area contributed by atoms with E-state index in [1.54, 1.807) is 7.11 Å². The third-order valence-corrected chi connectivity index (χ3v) is 2.84. The number of benzene rings is 1. The highest BCUT2D eigenvalue weighted by molar-refractivity contribution is 5.97. The number of carbonyl (C=O) groups excluding carboxylic acids is 1.